The highest BCUT2D eigenvalue weighted by Crippen LogP contribution is 2.35. The number of carbonyl (C=O) groups is 1. The molecule has 4 nitrogen and oxygen atoms in total. The standard InChI is InChI=1S/C12H9Cl2NO3/c1-7(16)17-5-8-6-18-15-12(8)11-9(13)3-2-4-10(11)14/h2-4,6H,5H2,1H3. The molecule has 1 aromatic heterocycles. The van der Waals surface area contributed by atoms with E-state index in [-0.39, 0.29) is 12.6 Å². The van der Waals surface area contributed by atoms with Gasteiger partial charge in [-0.15, -0.1) is 0 Å². The zero-order valence-electron chi connectivity index (χ0n) is 9.44. The molecule has 1 aromatic carbocycles. The lowest BCUT2D eigenvalue weighted by Gasteiger charge is -2.05. The SMILES string of the molecule is CC(=O)OCc1conc1-c1c(Cl)cccc1Cl. The van der Waals surface area contributed by atoms with Crippen LogP contribution in [-0.2, 0) is 16.1 Å². The van der Waals surface area contributed by atoms with Gasteiger partial charge in [0.1, 0.15) is 18.6 Å². The maximum atomic E-state index is 10.8. The molecule has 6 heteroatoms. The predicted octanol–water partition coefficient (Wildman–Crippen LogP) is 3.71. The Labute approximate surface area is 113 Å². The van der Waals surface area contributed by atoms with Crippen molar-refractivity contribution in [2.24, 2.45) is 0 Å². The van der Waals surface area contributed by atoms with Crippen LogP contribution >= 0.6 is 23.2 Å². The molecule has 94 valence electrons. The summed E-state index contributed by atoms with van der Waals surface area (Å²) in [6.45, 7) is 1.39. The van der Waals surface area contributed by atoms with Crippen molar-refractivity contribution in [2.45, 2.75) is 13.5 Å². The Bertz CT molecular complexity index is 560. The van der Waals surface area contributed by atoms with Crippen LogP contribution in [0.25, 0.3) is 11.3 Å². The van der Waals surface area contributed by atoms with Crippen molar-refractivity contribution < 1.29 is 14.1 Å². The summed E-state index contributed by atoms with van der Waals surface area (Å²) in [6, 6.07) is 5.14. The maximum Gasteiger partial charge on any atom is 0.302 e. The predicted molar refractivity (Wildman–Crippen MR) is 67.4 cm³/mol. The van der Waals surface area contributed by atoms with E-state index in [9.17, 15) is 4.79 Å². The molecule has 0 aliphatic carbocycles. The van der Waals surface area contributed by atoms with Gasteiger partial charge in [0.25, 0.3) is 0 Å². The molecular formula is C12H9Cl2NO3. The van der Waals surface area contributed by atoms with E-state index in [1.54, 1.807) is 18.2 Å². The number of hydrogen-bond acceptors (Lipinski definition) is 4. The molecule has 0 aliphatic rings. The Morgan fingerprint density at radius 2 is 2.06 bits per heavy atom. The van der Waals surface area contributed by atoms with E-state index in [1.165, 1.54) is 13.2 Å². The van der Waals surface area contributed by atoms with Crippen LogP contribution in [0.3, 0.4) is 0 Å². The topological polar surface area (TPSA) is 52.3 Å². The quantitative estimate of drug-likeness (QED) is 0.807. The van der Waals surface area contributed by atoms with Crippen LogP contribution < -0.4 is 0 Å². The lowest BCUT2D eigenvalue weighted by Crippen LogP contribution is -1.99. The summed E-state index contributed by atoms with van der Waals surface area (Å²) in [4.78, 5) is 10.8. The third-order valence-corrected chi connectivity index (χ3v) is 2.90. The Morgan fingerprint density at radius 1 is 1.39 bits per heavy atom. The highest BCUT2D eigenvalue weighted by Gasteiger charge is 2.17. The van der Waals surface area contributed by atoms with Crippen molar-refractivity contribution in [2.75, 3.05) is 0 Å². The van der Waals surface area contributed by atoms with Crippen LogP contribution in [-0.4, -0.2) is 11.1 Å². The van der Waals surface area contributed by atoms with Gasteiger partial charge in [0, 0.05) is 12.5 Å². The summed E-state index contributed by atoms with van der Waals surface area (Å²) in [5.41, 5.74) is 1.66. The Kier molecular flexibility index (Phi) is 3.89. The molecule has 0 atom stereocenters. The van der Waals surface area contributed by atoms with Crippen LogP contribution in [0.15, 0.2) is 29.0 Å². The fourth-order valence-electron chi connectivity index (χ4n) is 1.47. The van der Waals surface area contributed by atoms with Crippen molar-refractivity contribution in [1.29, 1.82) is 0 Å². The molecule has 0 aliphatic heterocycles. The largest absolute Gasteiger partial charge is 0.461 e. The molecule has 2 aromatic rings. The van der Waals surface area contributed by atoms with Crippen LogP contribution in [0.5, 0.6) is 0 Å². The van der Waals surface area contributed by atoms with E-state index in [2.05, 4.69) is 5.16 Å². The molecule has 18 heavy (non-hydrogen) atoms. The Balaban J connectivity index is 2.39. The van der Waals surface area contributed by atoms with Gasteiger partial charge in [-0.1, -0.05) is 34.4 Å². The number of ether oxygens (including phenoxy) is 1. The van der Waals surface area contributed by atoms with E-state index >= 15 is 0 Å². The Hall–Kier alpha value is -1.52. The molecule has 0 spiro atoms. The number of aromatic nitrogens is 1. The number of rotatable bonds is 3. The van der Waals surface area contributed by atoms with Crippen LogP contribution in [0, 0.1) is 0 Å². The molecular weight excluding hydrogens is 277 g/mol. The molecule has 0 saturated carbocycles. The molecule has 1 heterocycles. The molecule has 0 fully saturated rings. The number of hydrogen-bond donors (Lipinski definition) is 0. The highest BCUT2D eigenvalue weighted by molar-refractivity contribution is 6.39. The van der Waals surface area contributed by atoms with E-state index in [1.807, 2.05) is 0 Å². The van der Waals surface area contributed by atoms with Gasteiger partial charge in [0.15, 0.2) is 0 Å². The first kappa shape index (κ1) is 12.9. The van der Waals surface area contributed by atoms with Gasteiger partial charge >= 0.3 is 5.97 Å². The number of benzene rings is 1. The second kappa shape index (κ2) is 5.42. The van der Waals surface area contributed by atoms with Crippen molar-refractivity contribution in [1.82, 2.24) is 5.16 Å². The molecule has 0 amide bonds. The molecule has 0 radical (unpaired) electrons. The minimum atomic E-state index is -0.382. The van der Waals surface area contributed by atoms with Crippen molar-refractivity contribution in [3.8, 4) is 11.3 Å². The fourth-order valence-corrected chi connectivity index (χ4v) is 2.05. The van der Waals surface area contributed by atoms with Crippen molar-refractivity contribution in [3.05, 3.63) is 40.1 Å². The normalized spacial score (nSPS) is 10.4. The molecule has 0 saturated heterocycles. The average Bonchev–Trinajstić information content (AvgIpc) is 2.74. The molecule has 0 bridgehead atoms. The van der Waals surface area contributed by atoms with Gasteiger partial charge < -0.3 is 9.26 Å². The third kappa shape index (κ3) is 2.66. The van der Waals surface area contributed by atoms with Crippen molar-refractivity contribution >= 4 is 29.2 Å². The van der Waals surface area contributed by atoms with Gasteiger partial charge in [-0.2, -0.15) is 0 Å². The monoisotopic (exact) mass is 285 g/mol. The highest BCUT2D eigenvalue weighted by atomic mass is 35.5. The molecule has 0 N–H and O–H groups in total. The van der Waals surface area contributed by atoms with Gasteiger partial charge in [0.05, 0.1) is 15.6 Å². The molecule has 2 rings (SSSR count). The summed E-state index contributed by atoms with van der Waals surface area (Å²) in [5, 5.41) is 4.77. The van der Waals surface area contributed by atoms with Gasteiger partial charge in [0.2, 0.25) is 0 Å². The Morgan fingerprint density at radius 3 is 2.67 bits per heavy atom. The number of esters is 1. The fraction of sp³-hybridized carbons (Fsp3) is 0.167. The summed E-state index contributed by atoms with van der Waals surface area (Å²) < 4.78 is 9.79. The van der Waals surface area contributed by atoms with Crippen LogP contribution in [0.4, 0.5) is 0 Å². The first-order valence-electron chi connectivity index (χ1n) is 5.10. The smallest absolute Gasteiger partial charge is 0.302 e. The summed E-state index contributed by atoms with van der Waals surface area (Å²) in [7, 11) is 0. The zero-order chi connectivity index (χ0) is 13.1. The summed E-state index contributed by atoms with van der Waals surface area (Å²) >= 11 is 12.2. The van der Waals surface area contributed by atoms with Gasteiger partial charge in [-0.05, 0) is 12.1 Å². The number of halogens is 2. The number of nitrogens with zero attached hydrogens (tertiary/aromatic N) is 1. The first-order chi connectivity index (χ1) is 8.59. The lowest BCUT2D eigenvalue weighted by atomic mass is 10.1. The van der Waals surface area contributed by atoms with Crippen LogP contribution in [0.1, 0.15) is 12.5 Å². The van der Waals surface area contributed by atoms with E-state index < -0.39 is 0 Å². The third-order valence-electron chi connectivity index (χ3n) is 2.27. The summed E-state index contributed by atoms with van der Waals surface area (Å²) in [5.74, 6) is -0.382. The number of carbonyl (C=O) groups excluding carboxylic acids is 1. The van der Waals surface area contributed by atoms with E-state index in [0.29, 0.717) is 26.9 Å². The molecule has 0 unspecified atom stereocenters. The van der Waals surface area contributed by atoms with Gasteiger partial charge in [-0.25, -0.2) is 0 Å². The van der Waals surface area contributed by atoms with E-state index in [4.69, 9.17) is 32.5 Å². The zero-order valence-corrected chi connectivity index (χ0v) is 11.0. The van der Waals surface area contributed by atoms with Crippen molar-refractivity contribution in [3.63, 3.8) is 0 Å². The minimum absolute atomic E-state index is 0.0652. The second-order valence-corrected chi connectivity index (χ2v) is 4.38. The van der Waals surface area contributed by atoms with E-state index in [0.717, 1.165) is 0 Å². The maximum absolute atomic E-state index is 10.8. The van der Waals surface area contributed by atoms with Gasteiger partial charge in [-0.3, -0.25) is 4.79 Å². The summed E-state index contributed by atoms with van der Waals surface area (Å²) in [6.07, 6.45) is 1.40. The second-order valence-electron chi connectivity index (χ2n) is 3.57. The van der Waals surface area contributed by atoms with Crippen LogP contribution in [0.2, 0.25) is 10.0 Å². The average molecular weight is 286 g/mol. The first-order valence-corrected chi connectivity index (χ1v) is 5.86. The lowest BCUT2D eigenvalue weighted by molar-refractivity contribution is -0.142. The minimum Gasteiger partial charge on any atom is -0.461 e.